The second kappa shape index (κ2) is 6.60. The Morgan fingerprint density at radius 1 is 1.10 bits per heavy atom. The van der Waals surface area contributed by atoms with Crippen molar-refractivity contribution >= 4 is 5.69 Å². The van der Waals surface area contributed by atoms with Crippen molar-refractivity contribution in [1.82, 2.24) is 5.32 Å². The van der Waals surface area contributed by atoms with Crippen LogP contribution in [0.3, 0.4) is 0 Å². The summed E-state index contributed by atoms with van der Waals surface area (Å²) < 4.78 is 28.6. The fraction of sp³-hybridized carbons (Fsp3) is 0.625. The lowest BCUT2D eigenvalue weighted by atomic mass is 9.93. The van der Waals surface area contributed by atoms with E-state index in [0.717, 1.165) is 12.2 Å². The van der Waals surface area contributed by atoms with Crippen LogP contribution in [0, 0.1) is 5.92 Å². The van der Waals surface area contributed by atoms with Gasteiger partial charge in [0.15, 0.2) is 0 Å². The SMILES string of the molecule is FC(F)Oc1ccc(NC2CCCC2C2CCCN2)cc1. The monoisotopic (exact) mass is 296 g/mol. The van der Waals surface area contributed by atoms with Gasteiger partial charge in [-0.25, -0.2) is 0 Å². The molecule has 1 aromatic carbocycles. The Bertz CT molecular complexity index is 446. The van der Waals surface area contributed by atoms with Crippen LogP contribution >= 0.6 is 0 Å². The summed E-state index contributed by atoms with van der Waals surface area (Å²) in [6.07, 6.45) is 6.24. The van der Waals surface area contributed by atoms with E-state index in [9.17, 15) is 8.78 Å². The van der Waals surface area contributed by atoms with Crippen molar-refractivity contribution < 1.29 is 13.5 Å². The van der Waals surface area contributed by atoms with E-state index in [-0.39, 0.29) is 5.75 Å². The molecular weight excluding hydrogens is 274 g/mol. The van der Waals surface area contributed by atoms with Crippen LogP contribution in [0.2, 0.25) is 0 Å². The van der Waals surface area contributed by atoms with Crippen LogP contribution in [0.4, 0.5) is 14.5 Å². The number of rotatable bonds is 5. The Kier molecular flexibility index (Phi) is 4.58. The summed E-state index contributed by atoms with van der Waals surface area (Å²) in [7, 11) is 0. The maximum absolute atomic E-state index is 12.1. The van der Waals surface area contributed by atoms with Gasteiger partial charge in [-0.1, -0.05) is 6.42 Å². The highest BCUT2D eigenvalue weighted by Gasteiger charge is 2.34. The number of halogens is 2. The summed E-state index contributed by atoms with van der Waals surface area (Å²) in [6, 6.07) is 7.91. The van der Waals surface area contributed by atoms with Gasteiger partial charge in [0.2, 0.25) is 0 Å². The first-order valence-corrected chi connectivity index (χ1v) is 7.77. The third-order valence-corrected chi connectivity index (χ3v) is 4.62. The summed E-state index contributed by atoms with van der Waals surface area (Å²) in [4.78, 5) is 0. The maximum atomic E-state index is 12.1. The van der Waals surface area contributed by atoms with Gasteiger partial charge < -0.3 is 15.4 Å². The smallest absolute Gasteiger partial charge is 0.387 e. The molecule has 21 heavy (non-hydrogen) atoms. The predicted molar refractivity (Wildman–Crippen MR) is 78.9 cm³/mol. The predicted octanol–water partition coefficient (Wildman–Crippen LogP) is 3.62. The minimum absolute atomic E-state index is 0.205. The molecule has 0 spiro atoms. The molecule has 2 fully saturated rings. The van der Waals surface area contributed by atoms with E-state index in [1.54, 1.807) is 12.1 Å². The third kappa shape index (κ3) is 3.64. The van der Waals surface area contributed by atoms with Gasteiger partial charge >= 0.3 is 6.61 Å². The second-order valence-electron chi connectivity index (χ2n) is 5.95. The van der Waals surface area contributed by atoms with E-state index in [4.69, 9.17) is 0 Å². The molecule has 0 bridgehead atoms. The standard InChI is InChI=1S/C16H22F2N2O/c17-16(18)21-12-8-6-11(7-9-12)20-15-4-1-3-13(15)14-5-2-10-19-14/h6-9,13-16,19-20H,1-5,10H2. The minimum Gasteiger partial charge on any atom is -0.435 e. The fourth-order valence-corrected chi connectivity index (χ4v) is 3.67. The number of anilines is 1. The zero-order valence-electron chi connectivity index (χ0n) is 12.0. The second-order valence-corrected chi connectivity index (χ2v) is 5.95. The van der Waals surface area contributed by atoms with Crippen molar-refractivity contribution in [2.24, 2.45) is 5.92 Å². The topological polar surface area (TPSA) is 33.3 Å². The summed E-state index contributed by atoms with van der Waals surface area (Å²) in [5.41, 5.74) is 0.978. The lowest BCUT2D eigenvalue weighted by Gasteiger charge is -2.27. The first kappa shape index (κ1) is 14.6. The highest BCUT2D eigenvalue weighted by atomic mass is 19.3. The Hall–Kier alpha value is -1.36. The average Bonchev–Trinajstić information content (AvgIpc) is 3.11. The molecule has 3 unspecified atom stereocenters. The van der Waals surface area contributed by atoms with Gasteiger partial charge in [0.25, 0.3) is 0 Å². The van der Waals surface area contributed by atoms with Crippen LogP contribution in [0.25, 0.3) is 0 Å². The molecule has 1 saturated carbocycles. The van der Waals surface area contributed by atoms with Crippen molar-refractivity contribution in [3.05, 3.63) is 24.3 Å². The average molecular weight is 296 g/mol. The summed E-state index contributed by atoms with van der Waals surface area (Å²) in [6.45, 7) is -1.63. The highest BCUT2D eigenvalue weighted by molar-refractivity contribution is 5.47. The van der Waals surface area contributed by atoms with Crippen LogP contribution in [0.1, 0.15) is 32.1 Å². The van der Waals surface area contributed by atoms with Gasteiger partial charge in [0, 0.05) is 17.8 Å². The normalized spacial score (nSPS) is 29.0. The number of nitrogens with one attached hydrogen (secondary N) is 2. The molecule has 0 aromatic heterocycles. The summed E-state index contributed by atoms with van der Waals surface area (Å²) in [5.74, 6) is 0.875. The molecule has 1 aliphatic heterocycles. The molecule has 1 aliphatic carbocycles. The Labute approximate surface area is 124 Å². The lowest BCUT2D eigenvalue weighted by molar-refractivity contribution is -0.0498. The van der Waals surface area contributed by atoms with Crippen molar-refractivity contribution in [1.29, 1.82) is 0 Å². The van der Waals surface area contributed by atoms with Gasteiger partial charge in [0.1, 0.15) is 5.75 Å². The molecule has 3 atom stereocenters. The van der Waals surface area contributed by atoms with Gasteiger partial charge in [-0.05, 0) is 62.4 Å². The molecule has 5 heteroatoms. The molecule has 1 aromatic rings. The van der Waals surface area contributed by atoms with Crippen molar-refractivity contribution in [3.63, 3.8) is 0 Å². The van der Waals surface area contributed by atoms with E-state index in [1.165, 1.54) is 32.1 Å². The van der Waals surface area contributed by atoms with Crippen LogP contribution in [0.5, 0.6) is 5.75 Å². The van der Waals surface area contributed by atoms with Crippen LogP contribution in [-0.2, 0) is 0 Å². The van der Waals surface area contributed by atoms with Crippen LogP contribution in [-0.4, -0.2) is 25.2 Å². The molecule has 2 aliphatic rings. The first-order valence-electron chi connectivity index (χ1n) is 7.77. The van der Waals surface area contributed by atoms with Crippen LogP contribution in [0.15, 0.2) is 24.3 Å². The van der Waals surface area contributed by atoms with Crippen molar-refractivity contribution in [2.75, 3.05) is 11.9 Å². The third-order valence-electron chi connectivity index (χ3n) is 4.62. The van der Waals surface area contributed by atoms with E-state index in [1.807, 2.05) is 12.1 Å². The first-order chi connectivity index (χ1) is 10.2. The largest absolute Gasteiger partial charge is 0.435 e. The molecule has 1 heterocycles. The highest BCUT2D eigenvalue weighted by Crippen LogP contribution is 2.34. The lowest BCUT2D eigenvalue weighted by Crippen LogP contribution is -2.38. The number of ether oxygens (including phenoxy) is 1. The quantitative estimate of drug-likeness (QED) is 0.870. The van der Waals surface area contributed by atoms with E-state index < -0.39 is 6.61 Å². The molecule has 1 saturated heterocycles. The zero-order valence-corrected chi connectivity index (χ0v) is 12.0. The number of hydrogen-bond donors (Lipinski definition) is 2. The van der Waals surface area contributed by atoms with E-state index in [0.29, 0.717) is 18.0 Å². The molecular formula is C16H22F2N2O. The van der Waals surface area contributed by atoms with Gasteiger partial charge in [-0.3, -0.25) is 0 Å². The van der Waals surface area contributed by atoms with Gasteiger partial charge in [-0.2, -0.15) is 8.78 Å². The van der Waals surface area contributed by atoms with Gasteiger partial charge in [-0.15, -0.1) is 0 Å². The van der Waals surface area contributed by atoms with Crippen molar-refractivity contribution in [3.8, 4) is 5.75 Å². The Morgan fingerprint density at radius 3 is 2.57 bits per heavy atom. The maximum Gasteiger partial charge on any atom is 0.387 e. The zero-order chi connectivity index (χ0) is 14.7. The molecule has 2 N–H and O–H groups in total. The van der Waals surface area contributed by atoms with Crippen LogP contribution < -0.4 is 15.4 Å². The molecule has 0 radical (unpaired) electrons. The summed E-state index contributed by atoms with van der Waals surface area (Å²) >= 11 is 0. The number of alkyl halides is 2. The number of hydrogen-bond acceptors (Lipinski definition) is 3. The minimum atomic E-state index is -2.77. The molecule has 3 rings (SSSR count). The fourth-order valence-electron chi connectivity index (χ4n) is 3.67. The molecule has 116 valence electrons. The molecule has 0 amide bonds. The number of benzene rings is 1. The molecule has 3 nitrogen and oxygen atoms in total. The van der Waals surface area contributed by atoms with E-state index in [2.05, 4.69) is 15.4 Å². The Morgan fingerprint density at radius 2 is 1.90 bits per heavy atom. The Balaban J connectivity index is 1.59. The van der Waals surface area contributed by atoms with Crippen molar-refractivity contribution in [2.45, 2.75) is 50.8 Å². The summed E-state index contributed by atoms with van der Waals surface area (Å²) in [5, 5.41) is 7.17. The van der Waals surface area contributed by atoms with Gasteiger partial charge in [0.05, 0.1) is 0 Å². The van der Waals surface area contributed by atoms with E-state index >= 15 is 0 Å².